The van der Waals surface area contributed by atoms with Gasteiger partial charge in [-0.2, -0.15) is 21.6 Å². The van der Waals surface area contributed by atoms with Gasteiger partial charge in [-0.05, 0) is 35.2 Å². The van der Waals surface area contributed by atoms with Gasteiger partial charge in [-0.25, -0.2) is 0 Å². The monoisotopic (exact) mass is 373 g/mol. The molecule has 0 unspecified atom stereocenters. The Morgan fingerprint density at radius 3 is 3.00 bits per heavy atom. The fourth-order valence-corrected chi connectivity index (χ4v) is 2.88. The first-order chi connectivity index (χ1) is 12.2. The SMILES string of the molecule is COc1cc(/C=C(\Cl)c2nc(-c3ccsc3)no2)ccc1OCC#N. The van der Waals surface area contributed by atoms with E-state index in [1.165, 1.54) is 7.11 Å². The van der Waals surface area contributed by atoms with Crippen LogP contribution in [0.5, 0.6) is 11.5 Å². The Bertz CT molecular complexity index is 929. The van der Waals surface area contributed by atoms with E-state index >= 15 is 0 Å². The van der Waals surface area contributed by atoms with E-state index in [4.69, 9.17) is 30.9 Å². The summed E-state index contributed by atoms with van der Waals surface area (Å²) in [5.41, 5.74) is 1.64. The Hall–Kier alpha value is -2.82. The van der Waals surface area contributed by atoms with Crippen molar-refractivity contribution < 1.29 is 14.0 Å². The first kappa shape index (κ1) is 17.0. The minimum Gasteiger partial charge on any atom is -0.493 e. The van der Waals surface area contributed by atoms with Crippen LogP contribution < -0.4 is 9.47 Å². The Kier molecular flexibility index (Phi) is 5.33. The van der Waals surface area contributed by atoms with Crippen LogP contribution in [0.1, 0.15) is 11.5 Å². The van der Waals surface area contributed by atoms with E-state index in [0.717, 1.165) is 11.1 Å². The second kappa shape index (κ2) is 7.83. The molecule has 0 saturated heterocycles. The molecule has 3 aromatic rings. The number of aromatic nitrogens is 2. The van der Waals surface area contributed by atoms with Crippen LogP contribution in [0.15, 0.2) is 39.5 Å². The summed E-state index contributed by atoms with van der Waals surface area (Å²) >= 11 is 7.84. The van der Waals surface area contributed by atoms with Gasteiger partial charge in [-0.15, -0.1) is 0 Å². The summed E-state index contributed by atoms with van der Waals surface area (Å²) in [7, 11) is 1.52. The number of rotatable bonds is 6. The van der Waals surface area contributed by atoms with Crippen molar-refractivity contribution in [3.05, 3.63) is 46.5 Å². The van der Waals surface area contributed by atoms with Gasteiger partial charge >= 0.3 is 0 Å². The second-order valence-corrected chi connectivity index (χ2v) is 5.97. The average Bonchev–Trinajstić information content (AvgIpc) is 3.31. The summed E-state index contributed by atoms with van der Waals surface area (Å²) in [6.45, 7) is -0.0559. The summed E-state index contributed by atoms with van der Waals surface area (Å²) in [6.07, 6.45) is 1.68. The third kappa shape index (κ3) is 3.99. The molecule has 0 N–H and O–H groups in total. The van der Waals surface area contributed by atoms with Crippen molar-refractivity contribution in [2.75, 3.05) is 13.7 Å². The van der Waals surface area contributed by atoms with E-state index in [9.17, 15) is 0 Å². The van der Waals surface area contributed by atoms with E-state index in [-0.39, 0.29) is 12.5 Å². The molecule has 0 fully saturated rings. The number of hydrogen-bond acceptors (Lipinski definition) is 7. The molecule has 0 saturated carbocycles. The minimum atomic E-state index is -0.0559. The normalized spacial score (nSPS) is 11.2. The zero-order chi connectivity index (χ0) is 17.6. The third-order valence-electron chi connectivity index (χ3n) is 3.18. The van der Waals surface area contributed by atoms with Crippen molar-refractivity contribution in [1.82, 2.24) is 10.1 Å². The van der Waals surface area contributed by atoms with Crippen LogP contribution in [-0.4, -0.2) is 23.9 Å². The molecule has 0 spiro atoms. The van der Waals surface area contributed by atoms with Gasteiger partial charge in [-0.1, -0.05) is 22.8 Å². The highest BCUT2D eigenvalue weighted by atomic mass is 35.5. The highest BCUT2D eigenvalue weighted by molar-refractivity contribution is 7.08. The van der Waals surface area contributed by atoms with E-state index in [0.29, 0.717) is 22.4 Å². The maximum Gasteiger partial charge on any atom is 0.269 e. The number of thiophene rings is 1. The van der Waals surface area contributed by atoms with Gasteiger partial charge in [0.2, 0.25) is 5.82 Å². The van der Waals surface area contributed by atoms with Crippen molar-refractivity contribution in [3.8, 4) is 29.0 Å². The van der Waals surface area contributed by atoms with E-state index in [1.54, 1.807) is 35.6 Å². The molecule has 2 aromatic heterocycles. The van der Waals surface area contributed by atoms with Crippen LogP contribution in [0.2, 0.25) is 0 Å². The van der Waals surface area contributed by atoms with Crippen molar-refractivity contribution in [2.45, 2.75) is 0 Å². The molecule has 0 radical (unpaired) electrons. The predicted molar refractivity (Wildman–Crippen MR) is 95.4 cm³/mol. The van der Waals surface area contributed by atoms with Crippen LogP contribution >= 0.6 is 22.9 Å². The lowest BCUT2D eigenvalue weighted by atomic mass is 10.2. The van der Waals surface area contributed by atoms with Crippen LogP contribution in [0, 0.1) is 11.3 Å². The molecule has 6 nitrogen and oxygen atoms in total. The molecule has 0 aliphatic rings. The Labute approximate surface area is 152 Å². The van der Waals surface area contributed by atoms with Gasteiger partial charge < -0.3 is 14.0 Å². The molecule has 25 heavy (non-hydrogen) atoms. The average molecular weight is 374 g/mol. The molecule has 0 bridgehead atoms. The number of halogens is 1. The molecular weight excluding hydrogens is 362 g/mol. The van der Waals surface area contributed by atoms with Crippen molar-refractivity contribution in [2.24, 2.45) is 0 Å². The van der Waals surface area contributed by atoms with E-state index in [2.05, 4.69) is 10.1 Å². The Morgan fingerprint density at radius 1 is 1.40 bits per heavy atom. The topological polar surface area (TPSA) is 81.2 Å². The first-order valence-electron chi connectivity index (χ1n) is 7.13. The number of nitrogens with zero attached hydrogens (tertiary/aromatic N) is 3. The highest BCUT2D eigenvalue weighted by Gasteiger charge is 2.12. The lowest BCUT2D eigenvalue weighted by Gasteiger charge is -2.08. The molecular formula is C17H12ClN3O3S. The Morgan fingerprint density at radius 2 is 2.28 bits per heavy atom. The lowest BCUT2D eigenvalue weighted by molar-refractivity contribution is 0.329. The summed E-state index contributed by atoms with van der Waals surface area (Å²) < 4.78 is 15.8. The van der Waals surface area contributed by atoms with Crippen molar-refractivity contribution in [1.29, 1.82) is 5.26 Å². The second-order valence-electron chi connectivity index (χ2n) is 4.78. The number of benzene rings is 1. The van der Waals surface area contributed by atoms with Gasteiger partial charge in [0.15, 0.2) is 18.1 Å². The smallest absolute Gasteiger partial charge is 0.269 e. The molecule has 0 aliphatic carbocycles. The quantitative estimate of drug-likeness (QED) is 0.635. The fraction of sp³-hybridized carbons (Fsp3) is 0.118. The lowest BCUT2D eigenvalue weighted by Crippen LogP contribution is -1.96. The van der Waals surface area contributed by atoms with Crippen LogP contribution in [-0.2, 0) is 0 Å². The maximum absolute atomic E-state index is 8.60. The molecule has 2 heterocycles. The maximum atomic E-state index is 8.60. The van der Waals surface area contributed by atoms with Crippen molar-refractivity contribution >= 4 is 34.0 Å². The highest BCUT2D eigenvalue weighted by Crippen LogP contribution is 2.31. The van der Waals surface area contributed by atoms with Crippen molar-refractivity contribution in [3.63, 3.8) is 0 Å². The predicted octanol–water partition coefficient (Wildman–Crippen LogP) is 4.45. The standard InChI is InChI=1S/C17H12ClN3O3S/c1-22-15-9-11(2-3-14(15)23-6-5-19)8-13(18)17-20-16(21-24-17)12-4-7-25-10-12/h2-4,7-10H,6H2,1H3/b13-8-. The zero-order valence-corrected chi connectivity index (χ0v) is 14.7. The van der Waals surface area contributed by atoms with E-state index < -0.39 is 0 Å². The largest absolute Gasteiger partial charge is 0.493 e. The van der Waals surface area contributed by atoms with Gasteiger partial charge in [-0.3, -0.25) is 0 Å². The molecule has 0 aliphatic heterocycles. The third-order valence-corrected chi connectivity index (χ3v) is 4.14. The van der Waals surface area contributed by atoms with Crippen LogP contribution in [0.3, 0.4) is 0 Å². The number of nitriles is 1. The van der Waals surface area contributed by atoms with Gasteiger partial charge in [0.1, 0.15) is 11.1 Å². The summed E-state index contributed by atoms with van der Waals surface area (Å²) in [5, 5.41) is 16.7. The van der Waals surface area contributed by atoms with Crippen LogP contribution in [0.4, 0.5) is 0 Å². The number of hydrogen-bond donors (Lipinski definition) is 0. The molecule has 0 amide bonds. The molecule has 8 heteroatoms. The van der Waals surface area contributed by atoms with Gasteiger partial charge in [0.25, 0.3) is 5.89 Å². The first-order valence-corrected chi connectivity index (χ1v) is 8.45. The number of ether oxygens (including phenoxy) is 2. The zero-order valence-electron chi connectivity index (χ0n) is 13.1. The van der Waals surface area contributed by atoms with Gasteiger partial charge in [0.05, 0.1) is 7.11 Å². The molecule has 126 valence electrons. The molecule has 0 atom stereocenters. The van der Waals surface area contributed by atoms with Gasteiger partial charge in [0, 0.05) is 10.9 Å². The summed E-state index contributed by atoms with van der Waals surface area (Å²) in [4.78, 5) is 4.29. The Balaban J connectivity index is 1.83. The number of methoxy groups -OCH3 is 1. The molecule has 1 aromatic carbocycles. The fourth-order valence-electron chi connectivity index (χ4n) is 2.04. The summed E-state index contributed by atoms with van der Waals surface area (Å²) in [6, 6.07) is 9.05. The van der Waals surface area contributed by atoms with Crippen LogP contribution in [0.25, 0.3) is 22.5 Å². The molecule has 3 rings (SSSR count). The minimum absolute atomic E-state index is 0.0559. The van der Waals surface area contributed by atoms with E-state index in [1.807, 2.05) is 22.9 Å². The summed E-state index contributed by atoms with van der Waals surface area (Å²) in [5.74, 6) is 1.69.